The molecule has 0 aromatic heterocycles. The number of carbonyl (C=O) groups excluding carboxylic acids is 1. The van der Waals surface area contributed by atoms with Crippen LogP contribution >= 0.6 is 22.6 Å². The summed E-state index contributed by atoms with van der Waals surface area (Å²) in [6, 6.07) is 18.4. The van der Waals surface area contributed by atoms with E-state index in [9.17, 15) is 4.79 Å². The van der Waals surface area contributed by atoms with Crippen molar-refractivity contribution in [3.8, 4) is 0 Å². The van der Waals surface area contributed by atoms with Gasteiger partial charge in [0.25, 0.3) is 5.91 Å². The van der Waals surface area contributed by atoms with Crippen molar-refractivity contribution in [2.75, 3.05) is 32.7 Å². The highest BCUT2D eigenvalue weighted by Gasteiger charge is 2.21. The van der Waals surface area contributed by atoms with Crippen LogP contribution in [0.2, 0.25) is 0 Å². The molecule has 0 saturated carbocycles. The van der Waals surface area contributed by atoms with Crippen molar-refractivity contribution in [1.29, 1.82) is 0 Å². The van der Waals surface area contributed by atoms with Crippen molar-refractivity contribution >= 4 is 28.5 Å². The first-order chi connectivity index (χ1) is 11.2. The van der Waals surface area contributed by atoms with E-state index >= 15 is 0 Å². The molecule has 1 amide bonds. The van der Waals surface area contributed by atoms with Gasteiger partial charge in [0, 0.05) is 41.9 Å². The average Bonchev–Trinajstić information content (AvgIpc) is 2.61. The summed E-state index contributed by atoms with van der Waals surface area (Å²) in [6.07, 6.45) is 1.08. The third kappa shape index (κ3) is 4.54. The Morgan fingerprint density at radius 2 is 1.70 bits per heavy atom. The Hall–Kier alpha value is -1.40. The highest BCUT2D eigenvalue weighted by Crippen LogP contribution is 2.13. The molecule has 0 atom stereocenters. The fraction of sp³-hybridized carbons (Fsp3) is 0.316. The van der Waals surface area contributed by atoms with Crippen LogP contribution in [0.25, 0.3) is 0 Å². The van der Waals surface area contributed by atoms with E-state index in [1.54, 1.807) is 0 Å². The van der Waals surface area contributed by atoms with Crippen molar-refractivity contribution < 1.29 is 4.79 Å². The zero-order chi connectivity index (χ0) is 16.1. The Balaban J connectivity index is 1.49. The summed E-state index contributed by atoms with van der Waals surface area (Å²) in [6.45, 7) is 4.62. The van der Waals surface area contributed by atoms with E-state index in [1.165, 1.54) is 5.56 Å². The van der Waals surface area contributed by atoms with E-state index in [4.69, 9.17) is 0 Å². The SMILES string of the molecule is O=C(c1cccc(I)c1)N1CCN(CCc2ccccc2)CC1. The molecular weight excluding hydrogens is 399 g/mol. The van der Waals surface area contributed by atoms with Crippen LogP contribution in [-0.4, -0.2) is 48.4 Å². The van der Waals surface area contributed by atoms with Crippen LogP contribution in [0.3, 0.4) is 0 Å². The van der Waals surface area contributed by atoms with Gasteiger partial charge in [-0.2, -0.15) is 0 Å². The van der Waals surface area contributed by atoms with Gasteiger partial charge in [0.1, 0.15) is 0 Å². The van der Waals surface area contributed by atoms with Gasteiger partial charge in [-0.1, -0.05) is 36.4 Å². The second kappa shape index (κ2) is 7.93. The maximum atomic E-state index is 12.5. The minimum Gasteiger partial charge on any atom is -0.336 e. The predicted molar refractivity (Wildman–Crippen MR) is 102 cm³/mol. The van der Waals surface area contributed by atoms with Crippen LogP contribution in [-0.2, 0) is 6.42 Å². The number of amides is 1. The monoisotopic (exact) mass is 420 g/mol. The van der Waals surface area contributed by atoms with Crippen molar-refractivity contribution in [3.63, 3.8) is 0 Å². The highest BCUT2D eigenvalue weighted by molar-refractivity contribution is 14.1. The normalized spacial score (nSPS) is 15.6. The molecule has 2 aromatic rings. The minimum atomic E-state index is 0.159. The Bertz CT molecular complexity index is 651. The van der Waals surface area contributed by atoms with Crippen molar-refractivity contribution in [1.82, 2.24) is 9.80 Å². The summed E-state index contributed by atoms with van der Waals surface area (Å²) in [7, 11) is 0. The standard InChI is InChI=1S/C19H21IN2O/c20-18-8-4-7-17(15-18)19(23)22-13-11-21(12-14-22)10-9-16-5-2-1-3-6-16/h1-8,15H,9-14H2. The third-order valence-electron chi connectivity index (χ3n) is 4.29. The molecule has 0 spiro atoms. The van der Waals surface area contributed by atoms with Gasteiger partial charge in [0.05, 0.1) is 0 Å². The van der Waals surface area contributed by atoms with E-state index in [-0.39, 0.29) is 5.91 Å². The number of piperazine rings is 1. The zero-order valence-corrected chi connectivity index (χ0v) is 15.3. The molecule has 0 bridgehead atoms. The smallest absolute Gasteiger partial charge is 0.253 e. The number of carbonyl (C=O) groups is 1. The van der Waals surface area contributed by atoms with E-state index in [0.29, 0.717) is 0 Å². The van der Waals surface area contributed by atoms with Crippen LogP contribution in [0, 0.1) is 3.57 Å². The maximum Gasteiger partial charge on any atom is 0.253 e. The van der Waals surface area contributed by atoms with Gasteiger partial charge in [-0.25, -0.2) is 0 Å². The van der Waals surface area contributed by atoms with Gasteiger partial charge in [-0.15, -0.1) is 0 Å². The van der Waals surface area contributed by atoms with Crippen molar-refractivity contribution in [3.05, 3.63) is 69.3 Å². The molecule has 3 rings (SSSR count). The van der Waals surface area contributed by atoms with Crippen LogP contribution < -0.4 is 0 Å². The fourth-order valence-electron chi connectivity index (χ4n) is 2.91. The quantitative estimate of drug-likeness (QED) is 0.709. The highest BCUT2D eigenvalue weighted by atomic mass is 127. The van der Waals surface area contributed by atoms with E-state index in [0.717, 1.165) is 48.3 Å². The molecule has 1 saturated heterocycles. The van der Waals surface area contributed by atoms with Gasteiger partial charge < -0.3 is 4.90 Å². The van der Waals surface area contributed by atoms with Gasteiger partial charge in [-0.05, 0) is 52.8 Å². The second-order valence-corrected chi connectivity index (χ2v) is 7.13. The molecule has 0 radical (unpaired) electrons. The molecule has 0 N–H and O–H groups in total. The first kappa shape index (κ1) is 16.5. The Morgan fingerprint density at radius 1 is 0.957 bits per heavy atom. The summed E-state index contributed by atoms with van der Waals surface area (Å²) in [5.74, 6) is 0.159. The summed E-state index contributed by atoms with van der Waals surface area (Å²) in [4.78, 5) is 17.0. The number of halogens is 1. The van der Waals surface area contributed by atoms with Crippen molar-refractivity contribution in [2.24, 2.45) is 0 Å². The lowest BCUT2D eigenvalue weighted by molar-refractivity contribution is 0.0638. The van der Waals surface area contributed by atoms with Crippen LogP contribution in [0.15, 0.2) is 54.6 Å². The lowest BCUT2D eigenvalue weighted by atomic mass is 10.1. The summed E-state index contributed by atoms with van der Waals surface area (Å²) >= 11 is 2.25. The van der Waals surface area contributed by atoms with Crippen LogP contribution in [0.4, 0.5) is 0 Å². The Labute approximate surface area is 151 Å². The first-order valence-corrected chi connectivity index (χ1v) is 9.11. The number of rotatable bonds is 4. The van der Waals surface area contributed by atoms with Crippen molar-refractivity contribution in [2.45, 2.75) is 6.42 Å². The summed E-state index contributed by atoms with van der Waals surface area (Å²) in [5.41, 5.74) is 2.18. The topological polar surface area (TPSA) is 23.6 Å². The zero-order valence-electron chi connectivity index (χ0n) is 13.1. The Kier molecular flexibility index (Phi) is 5.67. The molecule has 1 fully saturated rings. The Morgan fingerprint density at radius 3 is 2.39 bits per heavy atom. The molecule has 1 aliphatic rings. The van der Waals surface area contributed by atoms with E-state index in [1.807, 2.05) is 29.2 Å². The van der Waals surface area contributed by atoms with E-state index in [2.05, 4.69) is 57.8 Å². The summed E-state index contributed by atoms with van der Waals surface area (Å²) in [5, 5.41) is 0. The fourth-order valence-corrected chi connectivity index (χ4v) is 3.45. The minimum absolute atomic E-state index is 0.159. The number of hydrogen-bond acceptors (Lipinski definition) is 2. The molecule has 120 valence electrons. The lowest BCUT2D eigenvalue weighted by Gasteiger charge is -2.34. The molecular formula is C19H21IN2O. The number of benzene rings is 2. The lowest BCUT2D eigenvalue weighted by Crippen LogP contribution is -2.49. The molecule has 0 unspecified atom stereocenters. The molecule has 2 aromatic carbocycles. The first-order valence-electron chi connectivity index (χ1n) is 8.03. The molecule has 23 heavy (non-hydrogen) atoms. The van der Waals surface area contributed by atoms with Gasteiger partial charge in [-0.3, -0.25) is 9.69 Å². The number of hydrogen-bond donors (Lipinski definition) is 0. The molecule has 1 aliphatic heterocycles. The average molecular weight is 420 g/mol. The molecule has 3 nitrogen and oxygen atoms in total. The predicted octanol–water partition coefficient (Wildman–Crippen LogP) is 3.29. The largest absolute Gasteiger partial charge is 0.336 e. The van der Waals surface area contributed by atoms with Gasteiger partial charge >= 0.3 is 0 Å². The second-order valence-electron chi connectivity index (χ2n) is 5.88. The van der Waals surface area contributed by atoms with Gasteiger partial charge in [0.15, 0.2) is 0 Å². The molecule has 1 heterocycles. The third-order valence-corrected chi connectivity index (χ3v) is 4.96. The summed E-state index contributed by atoms with van der Waals surface area (Å²) < 4.78 is 1.11. The van der Waals surface area contributed by atoms with Gasteiger partial charge in [0.2, 0.25) is 0 Å². The number of nitrogens with zero attached hydrogens (tertiary/aromatic N) is 2. The molecule has 4 heteroatoms. The van der Waals surface area contributed by atoms with E-state index < -0.39 is 0 Å². The molecule has 0 aliphatic carbocycles. The van der Waals surface area contributed by atoms with Crippen LogP contribution in [0.5, 0.6) is 0 Å². The maximum absolute atomic E-state index is 12.5. The van der Waals surface area contributed by atoms with Crippen LogP contribution in [0.1, 0.15) is 15.9 Å².